The van der Waals surface area contributed by atoms with Crippen molar-refractivity contribution in [3.63, 3.8) is 0 Å². The molecule has 0 N–H and O–H groups in total. The molecule has 10 aromatic rings. The first kappa shape index (κ1) is 29.9. The van der Waals surface area contributed by atoms with Crippen LogP contribution < -0.4 is 0 Å². The van der Waals surface area contributed by atoms with Crippen LogP contribution in [0, 0.1) is 0 Å². The van der Waals surface area contributed by atoms with Crippen LogP contribution >= 0.6 is 11.3 Å². The number of benzene rings is 7. The van der Waals surface area contributed by atoms with Crippen molar-refractivity contribution in [3.8, 4) is 67.0 Å². The molecule has 1 aliphatic carbocycles. The molecule has 0 fully saturated rings. The Morgan fingerprint density at radius 3 is 2.02 bits per heavy atom. The first-order valence-electron chi connectivity index (χ1n) is 17.7. The Balaban J connectivity index is 1.01. The number of nitrogens with zero attached hydrogens (tertiary/aromatic N) is 4. The maximum Gasteiger partial charge on any atom is 0.164 e. The average Bonchev–Trinajstić information content (AvgIpc) is 3.94. The number of thiazole rings is 1. The Hall–Kier alpha value is -6.76. The smallest absolute Gasteiger partial charge is 0.164 e. The van der Waals surface area contributed by atoms with Gasteiger partial charge in [0, 0.05) is 33.0 Å². The van der Waals surface area contributed by atoms with Gasteiger partial charge in [-0.2, -0.15) is 0 Å². The van der Waals surface area contributed by atoms with Gasteiger partial charge in [0.2, 0.25) is 0 Å². The molecular formula is C47H28N4OS. The maximum atomic E-state index is 6.54. The highest BCUT2D eigenvalue weighted by Gasteiger charge is 2.21. The fourth-order valence-electron chi connectivity index (χ4n) is 7.60. The number of rotatable bonds is 5. The zero-order valence-corrected chi connectivity index (χ0v) is 29.1. The highest BCUT2D eigenvalue weighted by molar-refractivity contribution is 7.21. The SMILES string of the molecule is c1ccc(-c2nc(-c3ccc4c(c3)-c3ccccc3C4)nc(-c3cccc4oc5cc(-c6ccc(-c7nc8ccccc8s7)cc6)ccc5c34)n2)cc1. The lowest BCUT2D eigenvalue weighted by atomic mass is 10.0. The lowest BCUT2D eigenvalue weighted by molar-refractivity contribution is 0.669. The summed E-state index contributed by atoms with van der Waals surface area (Å²) in [7, 11) is 0. The van der Waals surface area contributed by atoms with Crippen LogP contribution in [0.25, 0.3) is 99.1 Å². The van der Waals surface area contributed by atoms with E-state index in [0.29, 0.717) is 17.5 Å². The van der Waals surface area contributed by atoms with E-state index in [4.69, 9.17) is 24.4 Å². The summed E-state index contributed by atoms with van der Waals surface area (Å²) in [6.07, 6.45) is 0.941. The molecule has 3 heterocycles. The summed E-state index contributed by atoms with van der Waals surface area (Å²) in [5.74, 6) is 1.88. The second kappa shape index (κ2) is 11.9. The van der Waals surface area contributed by atoms with Crippen LogP contribution in [0.15, 0.2) is 162 Å². The van der Waals surface area contributed by atoms with Gasteiger partial charge in [-0.25, -0.2) is 19.9 Å². The van der Waals surface area contributed by atoms with Crippen LogP contribution in [0.3, 0.4) is 0 Å². The molecule has 0 bridgehead atoms. The van der Waals surface area contributed by atoms with Crippen molar-refractivity contribution in [1.29, 1.82) is 0 Å². The molecule has 7 aromatic carbocycles. The van der Waals surface area contributed by atoms with E-state index in [1.165, 1.54) is 27.0 Å². The zero-order valence-electron chi connectivity index (χ0n) is 28.3. The van der Waals surface area contributed by atoms with E-state index in [0.717, 1.165) is 72.3 Å². The fraction of sp³-hybridized carbons (Fsp3) is 0.0213. The van der Waals surface area contributed by atoms with Gasteiger partial charge in [0.1, 0.15) is 16.2 Å². The topological polar surface area (TPSA) is 64.7 Å². The molecule has 0 spiro atoms. The molecule has 3 aromatic heterocycles. The summed E-state index contributed by atoms with van der Waals surface area (Å²) in [6, 6.07) is 54.8. The molecule has 0 aliphatic heterocycles. The molecule has 0 unspecified atom stereocenters. The molecule has 1 aliphatic rings. The summed E-state index contributed by atoms with van der Waals surface area (Å²) in [4.78, 5) is 20.1. The zero-order chi connectivity index (χ0) is 34.9. The molecular weight excluding hydrogens is 669 g/mol. The van der Waals surface area contributed by atoms with Gasteiger partial charge in [-0.15, -0.1) is 11.3 Å². The number of para-hydroxylation sites is 1. The Labute approximate surface area is 308 Å². The molecule has 53 heavy (non-hydrogen) atoms. The van der Waals surface area contributed by atoms with Crippen molar-refractivity contribution in [2.45, 2.75) is 6.42 Å². The number of furan rings is 1. The van der Waals surface area contributed by atoms with Crippen LogP contribution in [0.5, 0.6) is 0 Å². The van der Waals surface area contributed by atoms with Crippen LogP contribution in [0.2, 0.25) is 0 Å². The van der Waals surface area contributed by atoms with Gasteiger partial charge in [0.05, 0.1) is 10.2 Å². The third kappa shape index (κ3) is 5.06. The van der Waals surface area contributed by atoms with Gasteiger partial charge >= 0.3 is 0 Å². The van der Waals surface area contributed by atoms with Crippen molar-refractivity contribution >= 4 is 43.5 Å². The first-order chi connectivity index (χ1) is 26.2. The minimum Gasteiger partial charge on any atom is -0.456 e. The second-order valence-corrected chi connectivity index (χ2v) is 14.5. The molecule has 0 saturated heterocycles. The highest BCUT2D eigenvalue weighted by Crippen LogP contribution is 2.41. The molecule has 0 atom stereocenters. The van der Waals surface area contributed by atoms with Crippen LogP contribution in [-0.2, 0) is 6.42 Å². The van der Waals surface area contributed by atoms with Crippen LogP contribution in [-0.4, -0.2) is 19.9 Å². The van der Waals surface area contributed by atoms with Gasteiger partial charge in [0.15, 0.2) is 17.5 Å². The second-order valence-electron chi connectivity index (χ2n) is 13.4. The summed E-state index contributed by atoms with van der Waals surface area (Å²) < 4.78 is 7.73. The van der Waals surface area contributed by atoms with E-state index in [-0.39, 0.29) is 0 Å². The largest absolute Gasteiger partial charge is 0.456 e. The summed E-state index contributed by atoms with van der Waals surface area (Å²) >= 11 is 1.72. The fourth-order valence-corrected chi connectivity index (χ4v) is 8.57. The van der Waals surface area contributed by atoms with Gasteiger partial charge in [-0.05, 0) is 76.2 Å². The van der Waals surface area contributed by atoms with Gasteiger partial charge in [-0.1, -0.05) is 121 Å². The van der Waals surface area contributed by atoms with Crippen molar-refractivity contribution in [3.05, 3.63) is 169 Å². The Kier molecular flexibility index (Phi) is 6.72. The molecule has 6 heteroatoms. The van der Waals surface area contributed by atoms with Crippen molar-refractivity contribution in [2.75, 3.05) is 0 Å². The van der Waals surface area contributed by atoms with Crippen molar-refractivity contribution < 1.29 is 4.42 Å². The Morgan fingerprint density at radius 1 is 0.434 bits per heavy atom. The van der Waals surface area contributed by atoms with Gasteiger partial charge in [0.25, 0.3) is 0 Å². The van der Waals surface area contributed by atoms with Crippen molar-refractivity contribution in [1.82, 2.24) is 19.9 Å². The van der Waals surface area contributed by atoms with E-state index < -0.39 is 0 Å². The lowest BCUT2D eigenvalue weighted by Gasteiger charge is -2.10. The lowest BCUT2D eigenvalue weighted by Crippen LogP contribution is -2.00. The predicted octanol–water partition coefficient (Wildman–Crippen LogP) is 12.3. The maximum absolute atomic E-state index is 6.54. The van der Waals surface area contributed by atoms with Crippen molar-refractivity contribution in [2.24, 2.45) is 0 Å². The number of hydrogen-bond donors (Lipinski definition) is 0. The predicted molar refractivity (Wildman–Crippen MR) is 216 cm³/mol. The number of aromatic nitrogens is 4. The average molecular weight is 697 g/mol. The quantitative estimate of drug-likeness (QED) is 0.179. The summed E-state index contributed by atoms with van der Waals surface area (Å²) in [6.45, 7) is 0. The number of fused-ring (bicyclic) bond motifs is 7. The van der Waals surface area contributed by atoms with Crippen LogP contribution in [0.4, 0.5) is 0 Å². The third-order valence-electron chi connectivity index (χ3n) is 10.2. The molecule has 0 saturated carbocycles. The Morgan fingerprint density at radius 2 is 1.13 bits per heavy atom. The normalized spacial score (nSPS) is 12.1. The monoisotopic (exact) mass is 696 g/mol. The van der Waals surface area contributed by atoms with Crippen LogP contribution in [0.1, 0.15) is 11.1 Å². The minimum atomic E-state index is 0.609. The van der Waals surface area contributed by atoms with Gasteiger partial charge < -0.3 is 4.42 Å². The molecule has 5 nitrogen and oxygen atoms in total. The highest BCUT2D eigenvalue weighted by atomic mass is 32.1. The van der Waals surface area contributed by atoms with E-state index in [1.54, 1.807) is 11.3 Å². The number of hydrogen-bond acceptors (Lipinski definition) is 6. The summed E-state index contributed by atoms with van der Waals surface area (Å²) in [5, 5.41) is 3.03. The third-order valence-corrected chi connectivity index (χ3v) is 11.3. The standard InChI is InChI=1S/C47H28N4OS/c1-2-9-29(10-3-1)44-49-45(34-22-21-33-25-32-11-4-5-12-35(32)38(33)26-34)51-46(50-44)37-13-8-15-40-43(37)36-24-23-31(27-41(36)52-40)28-17-19-30(20-18-28)47-48-39-14-6-7-16-42(39)53-47/h1-24,26-27H,25H2. The molecule has 11 rings (SSSR count). The Bertz CT molecular complexity index is 3000. The molecule has 0 radical (unpaired) electrons. The first-order valence-corrected chi connectivity index (χ1v) is 18.5. The van der Waals surface area contributed by atoms with E-state index in [1.807, 2.05) is 48.5 Å². The van der Waals surface area contributed by atoms with E-state index >= 15 is 0 Å². The van der Waals surface area contributed by atoms with E-state index in [9.17, 15) is 0 Å². The summed E-state index contributed by atoms with van der Waals surface area (Å²) in [5.41, 5.74) is 13.9. The van der Waals surface area contributed by atoms with E-state index in [2.05, 4.69) is 109 Å². The minimum absolute atomic E-state index is 0.609. The molecule has 0 amide bonds. The van der Waals surface area contributed by atoms with Gasteiger partial charge in [-0.3, -0.25) is 0 Å². The molecule has 248 valence electrons.